The molecule has 0 amide bonds. The molecule has 4 nitrogen and oxygen atoms in total. The van der Waals surface area contributed by atoms with E-state index in [4.69, 9.17) is 10.5 Å². The van der Waals surface area contributed by atoms with Crippen LogP contribution < -0.4 is 5.73 Å². The lowest BCUT2D eigenvalue weighted by molar-refractivity contribution is 0.118. The highest BCUT2D eigenvalue weighted by molar-refractivity contribution is 4.92. The van der Waals surface area contributed by atoms with Crippen LogP contribution in [0.1, 0.15) is 25.6 Å². The number of aryl methyl sites for hydroxylation is 2. The van der Waals surface area contributed by atoms with E-state index < -0.39 is 0 Å². The zero-order valence-corrected chi connectivity index (χ0v) is 10.1. The van der Waals surface area contributed by atoms with Gasteiger partial charge in [0.1, 0.15) is 5.82 Å². The van der Waals surface area contributed by atoms with Gasteiger partial charge in [-0.3, -0.25) is 0 Å². The van der Waals surface area contributed by atoms with Crippen molar-refractivity contribution in [3.63, 3.8) is 0 Å². The summed E-state index contributed by atoms with van der Waals surface area (Å²) in [5.41, 5.74) is 6.19. The zero-order valence-electron chi connectivity index (χ0n) is 10.1. The van der Waals surface area contributed by atoms with Gasteiger partial charge in [0, 0.05) is 31.9 Å². The smallest absolute Gasteiger partial charge is 0.108 e. The molecule has 2 heterocycles. The third-order valence-electron chi connectivity index (χ3n) is 3.46. The van der Waals surface area contributed by atoms with Crippen LogP contribution in [0.4, 0.5) is 0 Å². The van der Waals surface area contributed by atoms with Crippen molar-refractivity contribution in [1.82, 2.24) is 9.55 Å². The molecule has 1 aliphatic heterocycles. The summed E-state index contributed by atoms with van der Waals surface area (Å²) < 4.78 is 7.60. The number of hydrogen-bond donors (Lipinski definition) is 1. The number of nitrogens with two attached hydrogens (primary N) is 1. The minimum atomic E-state index is 0.238. The topological polar surface area (TPSA) is 53.1 Å². The summed E-state index contributed by atoms with van der Waals surface area (Å²) in [6.45, 7) is 2.94. The molecular weight excluding hydrogens is 202 g/mol. The van der Waals surface area contributed by atoms with Crippen LogP contribution >= 0.6 is 0 Å². The van der Waals surface area contributed by atoms with Crippen LogP contribution in [0, 0.1) is 5.92 Å². The molecule has 0 spiro atoms. The minimum Gasteiger partial charge on any atom is -0.378 e. The van der Waals surface area contributed by atoms with Crippen molar-refractivity contribution in [3.05, 3.63) is 18.2 Å². The van der Waals surface area contributed by atoms with Gasteiger partial charge in [0.25, 0.3) is 0 Å². The van der Waals surface area contributed by atoms with Crippen molar-refractivity contribution in [2.24, 2.45) is 18.7 Å². The highest BCUT2D eigenvalue weighted by atomic mass is 16.5. The predicted octanol–water partition coefficient (Wildman–Crippen LogP) is 1.10. The number of nitrogens with zero attached hydrogens (tertiary/aromatic N) is 2. The van der Waals surface area contributed by atoms with Crippen LogP contribution in [-0.4, -0.2) is 28.3 Å². The van der Waals surface area contributed by atoms with Gasteiger partial charge in [0.2, 0.25) is 0 Å². The fourth-order valence-electron chi connectivity index (χ4n) is 2.32. The highest BCUT2D eigenvalue weighted by Gasteiger charge is 2.27. The SMILES string of the molecule is CC1CC(C(N)CCc2nccn2C)CO1. The second kappa shape index (κ2) is 4.97. The van der Waals surface area contributed by atoms with Gasteiger partial charge in [-0.25, -0.2) is 4.98 Å². The average Bonchev–Trinajstić information content (AvgIpc) is 2.84. The molecule has 1 saturated heterocycles. The molecule has 0 bridgehead atoms. The van der Waals surface area contributed by atoms with E-state index >= 15 is 0 Å². The number of hydrogen-bond acceptors (Lipinski definition) is 3. The second-order valence-corrected chi connectivity index (χ2v) is 4.80. The van der Waals surface area contributed by atoms with Crippen molar-refractivity contribution in [2.75, 3.05) is 6.61 Å². The molecule has 0 saturated carbocycles. The molecule has 0 radical (unpaired) electrons. The maximum Gasteiger partial charge on any atom is 0.108 e. The van der Waals surface area contributed by atoms with Crippen molar-refractivity contribution in [3.8, 4) is 0 Å². The molecule has 3 atom stereocenters. The Morgan fingerprint density at radius 3 is 3.06 bits per heavy atom. The fraction of sp³-hybridized carbons (Fsp3) is 0.750. The van der Waals surface area contributed by atoms with E-state index in [9.17, 15) is 0 Å². The van der Waals surface area contributed by atoms with Crippen LogP contribution in [0.2, 0.25) is 0 Å². The predicted molar refractivity (Wildman–Crippen MR) is 63.0 cm³/mol. The van der Waals surface area contributed by atoms with Crippen molar-refractivity contribution < 1.29 is 4.74 Å². The fourth-order valence-corrected chi connectivity index (χ4v) is 2.32. The Bertz CT molecular complexity index is 337. The third-order valence-corrected chi connectivity index (χ3v) is 3.46. The molecule has 2 rings (SSSR count). The highest BCUT2D eigenvalue weighted by Crippen LogP contribution is 2.23. The van der Waals surface area contributed by atoms with E-state index in [1.54, 1.807) is 0 Å². The van der Waals surface area contributed by atoms with E-state index in [0.717, 1.165) is 31.7 Å². The molecular formula is C12H21N3O. The summed E-state index contributed by atoms with van der Waals surface area (Å²) in [6, 6.07) is 0.238. The van der Waals surface area contributed by atoms with E-state index in [0.29, 0.717) is 12.0 Å². The Hall–Kier alpha value is -0.870. The van der Waals surface area contributed by atoms with E-state index in [-0.39, 0.29) is 6.04 Å². The second-order valence-electron chi connectivity index (χ2n) is 4.80. The Morgan fingerprint density at radius 2 is 2.50 bits per heavy atom. The van der Waals surface area contributed by atoms with Gasteiger partial charge in [0.05, 0.1) is 12.7 Å². The molecule has 2 N–H and O–H groups in total. The largest absolute Gasteiger partial charge is 0.378 e. The first-order chi connectivity index (χ1) is 7.66. The van der Waals surface area contributed by atoms with Crippen LogP contribution in [0.5, 0.6) is 0 Å². The molecule has 1 fully saturated rings. The first-order valence-electron chi connectivity index (χ1n) is 6.00. The van der Waals surface area contributed by atoms with Gasteiger partial charge >= 0.3 is 0 Å². The number of rotatable bonds is 4. The Labute approximate surface area is 96.8 Å². The maximum absolute atomic E-state index is 6.19. The average molecular weight is 223 g/mol. The molecule has 1 aromatic heterocycles. The Balaban J connectivity index is 1.80. The lowest BCUT2D eigenvalue weighted by Crippen LogP contribution is -2.31. The lowest BCUT2D eigenvalue weighted by Gasteiger charge is -2.17. The number of imidazole rings is 1. The molecule has 16 heavy (non-hydrogen) atoms. The quantitative estimate of drug-likeness (QED) is 0.831. The molecule has 1 aromatic rings. The first kappa shape index (κ1) is 11.6. The van der Waals surface area contributed by atoms with Gasteiger partial charge in [-0.05, 0) is 25.7 Å². The number of ether oxygens (including phenoxy) is 1. The van der Waals surface area contributed by atoms with Crippen molar-refractivity contribution >= 4 is 0 Å². The normalized spacial score (nSPS) is 27.2. The van der Waals surface area contributed by atoms with Crippen LogP contribution in [0.25, 0.3) is 0 Å². The van der Waals surface area contributed by atoms with Gasteiger partial charge in [0.15, 0.2) is 0 Å². The lowest BCUT2D eigenvalue weighted by atomic mass is 9.94. The molecule has 1 aliphatic rings. The van der Waals surface area contributed by atoms with Gasteiger partial charge < -0.3 is 15.0 Å². The Morgan fingerprint density at radius 1 is 1.69 bits per heavy atom. The standard InChI is InChI=1S/C12H21N3O/c1-9-7-10(8-16-9)11(13)3-4-12-14-5-6-15(12)2/h5-6,9-11H,3-4,7-8,13H2,1-2H3. The monoisotopic (exact) mass is 223 g/mol. The third kappa shape index (κ3) is 2.62. The first-order valence-corrected chi connectivity index (χ1v) is 6.00. The van der Waals surface area contributed by atoms with Crippen LogP contribution in [0.3, 0.4) is 0 Å². The van der Waals surface area contributed by atoms with Crippen LogP contribution in [0.15, 0.2) is 12.4 Å². The van der Waals surface area contributed by atoms with Gasteiger partial charge in [-0.15, -0.1) is 0 Å². The van der Waals surface area contributed by atoms with E-state index in [1.807, 2.05) is 19.4 Å². The summed E-state index contributed by atoms with van der Waals surface area (Å²) in [6.07, 6.45) is 7.23. The van der Waals surface area contributed by atoms with Gasteiger partial charge in [-0.1, -0.05) is 0 Å². The summed E-state index contributed by atoms with van der Waals surface area (Å²) in [5.74, 6) is 1.64. The molecule has 90 valence electrons. The molecule has 3 unspecified atom stereocenters. The summed E-state index contributed by atoms with van der Waals surface area (Å²) in [7, 11) is 2.02. The number of aromatic nitrogens is 2. The molecule has 0 aromatic carbocycles. The zero-order chi connectivity index (χ0) is 11.5. The maximum atomic E-state index is 6.19. The van der Waals surface area contributed by atoms with Gasteiger partial charge in [-0.2, -0.15) is 0 Å². The molecule has 0 aliphatic carbocycles. The van der Waals surface area contributed by atoms with E-state index in [2.05, 4.69) is 16.5 Å². The molecule has 4 heteroatoms. The van der Waals surface area contributed by atoms with Crippen molar-refractivity contribution in [1.29, 1.82) is 0 Å². The summed E-state index contributed by atoms with van der Waals surface area (Å²) in [4.78, 5) is 4.31. The Kier molecular flexibility index (Phi) is 3.61. The van der Waals surface area contributed by atoms with Crippen molar-refractivity contribution in [2.45, 2.75) is 38.3 Å². The summed E-state index contributed by atoms with van der Waals surface area (Å²) >= 11 is 0. The minimum absolute atomic E-state index is 0.238. The summed E-state index contributed by atoms with van der Waals surface area (Å²) in [5, 5.41) is 0. The van der Waals surface area contributed by atoms with E-state index in [1.165, 1.54) is 0 Å². The van der Waals surface area contributed by atoms with Crippen LogP contribution in [-0.2, 0) is 18.2 Å².